The number of amides is 1. The third-order valence-corrected chi connectivity index (χ3v) is 6.13. The van der Waals surface area contributed by atoms with Crippen molar-refractivity contribution in [3.8, 4) is 11.1 Å². The van der Waals surface area contributed by atoms with Gasteiger partial charge in [0.25, 0.3) is 0 Å². The molecule has 31 heavy (non-hydrogen) atoms. The highest BCUT2D eigenvalue weighted by Gasteiger charge is 2.28. The summed E-state index contributed by atoms with van der Waals surface area (Å²) in [5, 5.41) is 13.5. The number of alkyl halides is 1. The summed E-state index contributed by atoms with van der Waals surface area (Å²) in [6.07, 6.45) is -0.182. The molecule has 0 aromatic heterocycles. The molecule has 2 aromatic carbocycles. The number of aliphatic hydroxyl groups is 1. The molecule has 2 N–H and O–H groups in total. The molecule has 1 aliphatic heterocycles. The molecule has 0 aliphatic carbocycles. The minimum atomic E-state index is -0.896. The Balaban J connectivity index is 1.51. The van der Waals surface area contributed by atoms with Crippen LogP contribution in [-0.2, 0) is 4.79 Å². The fourth-order valence-electron chi connectivity index (χ4n) is 3.81. The number of anilines is 1. The number of nitrogens with zero attached hydrogens (tertiary/aromatic N) is 2. The third kappa shape index (κ3) is 6.02. The van der Waals surface area contributed by atoms with Crippen LogP contribution in [0.4, 0.5) is 5.69 Å². The van der Waals surface area contributed by atoms with Gasteiger partial charge in [0.15, 0.2) is 0 Å². The molecular weight excluding hydrogens is 410 g/mol. The second kappa shape index (κ2) is 11.2. The van der Waals surface area contributed by atoms with E-state index in [4.69, 9.17) is 11.6 Å². The first-order valence-corrected chi connectivity index (χ1v) is 11.4. The van der Waals surface area contributed by atoms with Gasteiger partial charge >= 0.3 is 0 Å². The van der Waals surface area contributed by atoms with E-state index < -0.39 is 12.0 Å². The Labute approximate surface area is 190 Å². The molecule has 2 aromatic rings. The number of nitrogens with one attached hydrogen (secondary N) is 1. The van der Waals surface area contributed by atoms with E-state index in [-0.39, 0.29) is 5.91 Å². The van der Waals surface area contributed by atoms with Gasteiger partial charge in [0, 0.05) is 50.0 Å². The van der Waals surface area contributed by atoms with Crippen LogP contribution in [0, 0.1) is 5.92 Å². The maximum absolute atomic E-state index is 12.2. The molecule has 1 heterocycles. The number of piperazine rings is 1. The minimum absolute atomic E-state index is 0.170. The number of hydrogen-bond donors (Lipinski definition) is 2. The van der Waals surface area contributed by atoms with Crippen LogP contribution in [0.2, 0.25) is 0 Å². The van der Waals surface area contributed by atoms with E-state index in [1.165, 1.54) is 16.8 Å². The number of rotatable bonds is 9. The number of halogens is 1. The summed E-state index contributed by atoms with van der Waals surface area (Å²) < 4.78 is 0. The molecule has 0 saturated carbocycles. The molecule has 5 nitrogen and oxygen atoms in total. The van der Waals surface area contributed by atoms with Crippen molar-refractivity contribution in [3.05, 3.63) is 66.9 Å². The number of carbonyl (C=O) groups excluding carboxylic acids is 1. The highest BCUT2D eigenvalue weighted by Crippen LogP contribution is 2.25. The summed E-state index contributed by atoms with van der Waals surface area (Å²) in [7, 11) is 0. The van der Waals surface area contributed by atoms with Crippen LogP contribution in [0.15, 0.2) is 66.9 Å². The van der Waals surface area contributed by atoms with E-state index in [1.807, 2.05) is 18.2 Å². The number of carbonyl (C=O) groups is 1. The fourth-order valence-corrected chi connectivity index (χ4v) is 3.94. The minimum Gasteiger partial charge on any atom is -0.386 e. The lowest BCUT2D eigenvalue weighted by atomic mass is 10.00. The molecular formula is C25H32ClN3O2. The normalized spacial score (nSPS) is 16.0. The summed E-state index contributed by atoms with van der Waals surface area (Å²) in [4.78, 5) is 16.7. The molecule has 1 fully saturated rings. The molecule has 1 aliphatic rings. The zero-order valence-electron chi connectivity index (χ0n) is 18.1. The Hall–Kier alpha value is -2.50. The van der Waals surface area contributed by atoms with Gasteiger partial charge in [-0.05, 0) is 29.7 Å². The van der Waals surface area contributed by atoms with Crippen LogP contribution in [-0.4, -0.2) is 60.6 Å². The van der Waals surface area contributed by atoms with Gasteiger partial charge in [-0.1, -0.05) is 56.0 Å². The van der Waals surface area contributed by atoms with E-state index in [1.54, 1.807) is 6.92 Å². The Morgan fingerprint density at radius 1 is 1.06 bits per heavy atom. The molecule has 0 unspecified atom stereocenters. The summed E-state index contributed by atoms with van der Waals surface area (Å²) in [6, 6.07) is 19.0. The first-order valence-electron chi connectivity index (χ1n) is 10.9. The predicted octanol–water partition coefficient (Wildman–Crippen LogP) is 3.73. The average Bonchev–Trinajstić information content (AvgIpc) is 2.83. The Kier molecular flexibility index (Phi) is 8.38. The fraction of sp³-hybridized carbons (Fsp3) is 0.400. The molecule has 0 radical (unpaired) electrons. The first-order chi connectivity index (χ1) is 15.0. The van der Waals surface area contributed by atoms with Gasteiger partial charge in [0.05, 0.1) is 5.92 Å². The molecule has 0 bridgehead atoms. The number of benzene rings is 2. The zero-order valence-corrected chi connectivity index (χ0v) is 18.9. The predicted molar refractivity (Wildman–Crippen MR) is 128 cm³/mol. The molecule has 2 atom stereocenters. The van der Waals surface area contributed by atoms with E-state index in [2.05, 4.69) is 58.1 Å². The van der Waals surface area contributed by atoms with Gasteiger partial charge in [-0.3, -0.25) is 4.79 Å². The molecule has 3 rings (SSSR count). The molecule has 1 amide bonds. The summed E-state index contributed by atoms with van der Waals surface area (Å²) in [5.74, 6) is -0.217. The quantitative estimate of drug-likeness (QED) is 0.460. The van der Waals surface area contributed by atoms with Gasteiger partial charge in [0.2, 0.25) is 5.91 Å². The third-order valence-electron chi connectivity index (χ3n) is 5.86. The topological polar surface area (TPSA) is 55.8 Å². The van der Waals surface area contributed by atoms with Gasteiger partial charge in [-0.25, -0.2) is 0 Å². The second-order valence-electron chi connectivity index (χ2n) is 7.95. The van der Waals surface area contributed by atoms with Gasteiger partial charge in [0.1, 0.15) is 6.10 Å². The van der Waals surface area contributed by atoms with E-state index in [9.17, 15) is 9.90 Å². The number of hydrogen-bond acceptors (Lipinski definition) is 4. The van der Waals surface area contributed by atoms with Crippen LogP contribution < -0.4 is 10.2 Å². The van der Waals surface area contributed by atoms with E-state index in [0.29, 0.717) is 24.5 Å². The van der Waals surface area contributed by atoms with Gasteiger partial charge in [-0.2, -0.15) is 0 Å². The van der Waals surface area contributed by atoms with Gasteiger partial charge in [-0.15, -0.1) is 11.6 Å². The average molecular weight is 442 g/mol. The molecule has 0 spiro atoms. The van der Waals surface area contributed by atoms with Crippen molar-refractivity contribution in [2.24, 2.45) is 5.92 Å². The van der Waals surface area contributed by atoms with Crippen molar-refractivity contribution in [1.29, 1.82) is 0 Å². The SMILES string of the molecule is C=C([C@H](O)[C@@H](C)C(=O)NCCCCl)N1CCN(c2ccc(-c3ccccc3)cc2)CC1. The Morgan fingerprint density at radius 2 is 1.68 bits per heavy atom. The van der Waals surface area contributed by atoms with Crippen molar-refractivity contribution >= 4 is 23.2 Å². The van der Waals surface area contributed by atoms with Crippen molar-refractivity contribution in [2.45, 2.75) is 19.4 Å². The molecule has 1 saturated heterocycles. The molecule has 166 valence electrons. The van der Waals surface area contributed by atoms with Gasteiger partial charge < -0.3 is 20.2 Å². The van der Waals surface area contributed by atoms with Crippen molar-refractivity contribution in [1.82, 2.24) is 10.2 Å². The zero-order chi connectivity index (χ0) is 22.2. The van der Waals surface area contributed by atoms with Crippen LogP contribution in [0.25, 0.3) is 11.1 Å². The second-order valence-corrected chi connectivity index (χ2v) is 8.32. The van der Waals surface area contributed by atoms with Crippen molar-refractivity contribution in [3.63, 3.8) is 0 Å². The standard InChI is InChI=1S/C25H32ClN3O2/c1-19(25(31)27-14-6-13-26)24(30)20(2)28-15-17-29(18-16-28)23-11-9-22(10-12-23)21-7-4-3-5-8-21/h3-5,7-12,19,24,30H,2,6,13-18H2,1H3,(H,27,31)/t19-,24-/m1/s1. The maximum atomic E-state index is 12.2. The van der Waals surface area contributed by atoms with E-state index in [0.717, 1.165) is 26.2 Å². The smallest absolute Gasteiger partial charge is 0.225 e. The summed E-state index contributed by atoms with van der Waals surface area (Å²) in [6.45, 7) is 9.53. The lowest BCUT2D eigenvalue weighted by molar-refractivity contribution is -0.127. The summed E-state index contributed by atoms with van der Waals surface area (Å²) >= 11 is 5.65. The van der Waals surface area contributed by atoms with Crippen molar-refractivity contribution in [2.75, 3.05) is 43.5 Å². The van der Waals surface area contributed by atoms with Crippen molar-refractivity contribution < 1.29 is 9.90 Å². The Morgan fingerprint density at radius 3 is 2.29 bits per heavy atom. The van der Waals surface area contributed by atoms with E-state index >= 15 is 0 Å². The first kappa shape index (κ1) is 23.2. The van der Waals surface area contributed by atoms with Crippen LogP contribution in [0.1, 0.15) is 13.3 Å². The maximum Gasteiger partial charge on any atom is 0.225 e. The Bertz CT molecular complexity index is 849. The van der Waals surface area contributed by atoms with Crippen LogP contribution in [0.5, 0.6) is 0 Å². The van der Waals surface area contributed by atoms with Crippen LogP contribution in [0.3, 0.4) is 0 Å². The largest absolute Gasteiger partial charge is 0.386 e. The molecule has 6 heteroatoms. The highest BCUT2D eigenvalue weighted by atomic mass is 35.5. The van der Waals surface area contributed by atoms with Crippen LogP contribution >= 0.6 is 11.6 Å². The lowest BCUT2D eigenvalue weighted by Crippen LogP contribution is -2.49. The monoisotopic (exact) mass is 441 g/mol. The lowest BCUT2D eigenvalue weighted by Gasteiger charge is -2.40. The number of aliphatic hydroxyl groups excluding tert-OH is 1. The summed E-state index contributed by atoms with van der Waals surface area (Å²) in [5.41, 5.74) is 4.22. The highest BCUT2D eigenvalue weighted by molar-refractivity contribution is 6.17.